The van der Waals surface area contributed by atoms with Gasteiger partial charge in [-0.05, 0) is 75.1 Å². The molecule has 4 heteroatoms. The molecule has 2 N–H and O–H groups in total. The second-order valence-electron chi connectivity index (χ2n) is 9.45. The van der Waals surface area contributed by atoms with Gasteiger partial charge in [0.2, 0.25) is 0 Å². The van der Waals surface area contributed by atoms with Crippen molar-refractivity contribution >= 4 is 45.0 Å². The van der Waals surface area contributed by atoms with Crippen LogP contribution in [0.3, 0.4) is 0 Å². The molecule has 0 aromatic heterocycles. The second kappa shape index (κ2) is 9.29. The lowest BCUT2D eigenvalue weighted by Crippen LogP contribution is -2.50. The fourth-order valence-corrected chi connectivity index (χ4v) is 5.81. The summed E-state index contributed by atoms with van der Waals surface area (Å²) in [5, 5.41) is 12.9. The molecule has 0 saturated carbocycles. The van der Waals surface area contributed by atoms with Crippen LogP contribution >= 0.6 is 12.2 Å². The second-order valence-corrected chi connectivity index (χ2v) is 9.86. The highest BCUT2D eigenvalue weighted by Gasteiger charge is 2.33. The largest absolute Gasteiger partial charge is 0.352 e. The molecular weight excluding hydrogens is 446 g/mol. The van der Waals surface area contributed by atoms with E-state index in [-0.39, 0.29) is 6.04 Å². The summed E-state index contributed by atoms with van der Waals surface area (Å²) in [6.45, 7) is 5.16. The minimum atomic E-state index is 0.0421. The molecule has 2 aliphatic rings. The number of fused-ring (bicyclic) bond motifs is 2. The van der Waals surface area contributed by atoms with E-state index in [1.165, 1.54) is 49.5 Å². The Kier molecular flexibility index (Phi) is 5.85. The SMILES string of the molecule is CCCN1CC2=C(NC(=S)NC2c2cccc3ccccc23)/C(=C/c2cccc3ccccc23)C1. The van der Waals surface area contributed by atoms with Crippen molar-refractivity contribution in [3.05, 3.63) is 113 Å². The van der Waals surface area contributed by atoms with Gasteiger partial charge in [0.05, 0.1) is 6.04 Å². The Morgan fingerprint density at radius 1 is 0.857 bits per heavy atom. The van der Waals surface area contributed by atoms with E-state index in [9.17, 15) is 0 Å². The van der Waals surface area contributed by atoms with Crippen molar-refractivity contribution in [3.63, 3.8) is 0 Å². The van der Waals surface area contributed by atoms with E-state index in [0.717, 1.165) is 26.1 Å². The Bertz CT molecular complexity index is 1490. The van der Waals surface area contributed by atoms with E-state index in [4.69, 9.17) is 12.2 Å². The molecule has 1 atom stereocenters. The molecule has 4 aromatic carbocycles. The fraction of sp³-hybridized carbons (Fsp3) is 0.194. The summed E-state index contributed by atoms with van der Waals surface area (Å²) in [5.41, 5.74) is 6.37. The first-order valence-corrected chi connectivity index (χ1v) is 12.8. The zero-order chi connectivity index (χ0) is 23.8. The number of rotatable bonds is 4. The van der Waals surface area contributed by atoms with E-state index in [1.807, 2.05) is 0 Å². The minimum Gasteiger partial charge on any atom is -0.352 e. The van der Waals surface area contributed by atoms with Gasteiger partial charge in [-0.15, -0.1) is 0 Å². The molecule has 0 amide bonds. The lowest BCUT2D eigenvalue weighted by molar-refractivity contribution is 0.301. The smallest absolute Gasteiger partial charge is 0.171 e. The number of hydrogen-bond donors (Lipinski definition) is 2. The molecule has 0 saturated heterocycles. The maximum Gasteiger partial charge on any atom is 0.171 e. The standard InChI is InChI=1S/C31H29N3S/c1-2-17-34-19-24(18-23-13-7-11-21-9-3-5-14-25(21)23)29-28(20-34)30(33-31(35)32-29)27-16-8-12-22-10-4-6-15-26(22)27/h3-16,18,30H,2,17,19-20H2,1H3,(H2,32,33,35)/b24-18+. The number of thiocarbonyl (C=S) groups is 1. The molecule has 0 bridgehead atoms. The van der Waals surface area contributed by atoms with Gasteiger partial charge in [-0.2, -0.15) is 0 Å². The molecule has 2 heterocycles. The third kappa shape index (κ3) is 4.13. The molecule has 2 aliphatic heterocycles. The van der Waals surface area contributed by atoms with Crippen LogP contribution in [-0.4, -0.2) is 29.6 Å². The van der Waals surface area contributed by atoms with Gasteiger partial charge < -0.3 is 10.6 Å². The predicted octanol–water partition coefficient (Wildman–Crippen LogP) is 6.58. The molecule has 0 radical (unpaired) electrons. The highest BCUT2D eigenvalue weighted by Crippen LogP contribution is 2.37. The van der Waals surface area contributed by atoms with Gasteiger partial charge in [0, 0.05) is 18.8 Å². The molecule has 0 fully saturated rings. The summed E-state index contributed by atoms with van der Waals surface area (Å²) in [4.78, 5) is 2.56. The van der Waals surface area contributed by atoms with Gasteiger partial charge in [0.1, 0.15) is 0 Å². The van der Waals surface area contributed by atoms with Crippen LogP contribution < -0.4 is 10.6 Å². The third-order valence-electron chi connectivity index (χ3n) is 7.12. The summed E-state index contributed by atoms with van der Waals surface area (Å²) < 4.78 is 0. The van der Waals surface area contributed by atoms with Gasteiger partial charge in [-0.3, -0.25) is 4.90 Å². The van der Waals surface area contributed by atoms with Gasteiger partial charge in [-0.1, -0.05) is 91.9 Å². The van der Waals surface area contributed by atoms with E-state index in [0.29, 0.717) is 5.11 Å². The summed E-state index contributed by atoms with van der Waals surface area (Å²) in [5.74, 6) is 0. The topological polar surface area (TPSA) is 27.3 Å². The number of hydrogen-bond acceptors (Lipinski definition) is 2. The maximum absolute atomic E-state index is 5.75. The van der Waals surface area contributed by atoms with Crippen molar-refractivity contribution < 1.29 is 0 Å². The molecule has 35 heavy (non-hydrogen) atoms. The number of benzene rings is 4. The minimum absolute atomic E-state index is 0.0421. The van der Waals surface area contributed by atoms with E-state index < -0.39 is 0 Å². The van der Waals surface area contributed by atoms with Crippen LogP contribution in [0.5, 0.6) is 0 Å². The lowest BCUT2D eigenvalue weighted by Gasteiger charge is -2.40. The monoisotopic (exact) mass is 475 g/mol. The molecule has 0 spiro atoms. The Labute approximate surface area is 212 Å². The van der Waals surface area contributed by atoms with Gasteiger partial charge >= 0.3 is 0 Å². The highest BCUT2D eigenvalue weighted by molar-refractivity contribution is 7.80. The van der Waals surface area contributed by atoms with E-state index in [1.54, 1.807) is 0 Å². The van der Waals surface area contributed by atoms with Crippen molar-refractivity contribution in [3.8, 4) is 0 Å². The third-order valence-corrected chi connectivity index (χ3v) is 7.34. The van der Waals surface area contributed by atoms with Crippen molar-refractivity contribution in [2.45, 2.75) is 19.4 Å². The molecule has 0 aliphatic carbocycles. The Hall–Kier alpha value is -3.47. The van der Waals surface area contributed by atoms with Gasteiger partial charge in [-0.25, -0.2) is 0 Å². The van der Waals surface area contributed by atoms with Gasteiger partial charge in [0.15, 0.2) is 5.11 Å². The van der Waals surface area contributed by atoms with Crippen LogP contribution in [0.2, 0.25) is 0 Å². The van der Waals surface area contributed by atoms with E-state index in [2.05, 4.69) is 113 Å². The first-order chi connectivity index (χ1) is 17.2. The Morgan fingerprint density at radius 2 is 1.54 bits per heavy atom. The molecule has 4 aromatic rings. The van der Waals surface area contributed by atoms with Gasteiger partial charge in [0.25, 0.3) is 0 Å². The van der Waals surface area contributed by atoms with Crippen LogP contribution in [0.15, 0.2) is 102 Å². The molecule has 3 nitrogen and oxygen atoms in total. The summed E-state index contributed by atoms with van der Waals surface area (Å²) >= 11 is 5.75. The summed E-state index contributed by atoms with van der Waals surface area (Å²) in [6.07, 6.45) is 3.49. The molecular formula is C31H29N3S. The summed E-state index contributed by atoms with van der Waals surface area (Å²) in [6, 6.07) is 30.4. The first-order valence-electron chi connectivity index (χ1n) is 12.4. The van der Waals surface area contributed by atoms with Crippen LogP contribution in [0.1, 0.15) is 30.5 Å². The van der Waals surface area contributed by atoms with Crippen molar-refractivity contribution in [1.82, 2.24) is 15.5 Å². The van der Waals surface area contributed by atoms with Crippen LogP contribution in [-0.2, 0) is 0 Å². The summed E-state index contributed by atoms with van der Waals surface area (Å²) in [7, 11) is 0. The zero-order valence-corrected chi connectivity index (χ0v) is 20.7. The molecule has 174 valence electrons. The van der Waals surface area contributed by atoms with Crippen LogP contribution in [0.25, 0.3) is 27.6 Å². The fourth-order valence-electron chi connectivity index (χ4n) is 5.59. The lowest BCUT2D eigenvalue weighted by atomic mass is 9.86. The maximum atomic E-state index is 5.75. The highest BCUT2D eigenvalue weighted by atomic mass is 32.1. The average Bonchev–Trinajstić information content (AvgIpc) is 2.89. The first kappa shape index (κ1) is 22.0. The molecule has 6 rings (SSSR count). The number of nitrogens with one attached hydrogen (secondary N) is 2. The van der Waals surface area contributed by atoms with Crippen LogP contribution in [0.4, 0.5) is 0 Å². The molecule has 1 unspecified atom stereocenters. The van der Waals surface area contributed by atoms with E-state index >= 15 is 0 Å². The van der Waals surface area contributed by atoms with Crippen LogP contribution in [0, 0.1) is 0 Å². The van der Waals surface area contributed by atoms with Crippen molar-refractivity contribution in [2.24, 2.45) is 0 Å². The Balaban J connectivity index is 1.53. The van der Waals surface area contributed by atoms with Crippen molar-refractivity contribution in [1.29, 1.82) is 0 Å². The zero-order valence-electron chi connectivity index (χ0n) is 19.9. The normalized spacial score (nSPS) is 19.6. The average molecular weight is 476 g/mol. The van der Waals surface area contributed by atoms with Crippen molar-refractivity contribution in [2.75, 3.05) is 19.6 Å². The number of nitrogens with zero attached hydrogens (tertiary/aromatic N) is 1. The quantitative estimate of drug-likeness (QED) is 0.326. The Morgan fingerprint density at radius 3 is 2.34 bits per heavy atom. The predicted molar refractivity (Wildman–Crippen MR) is 151 cm³/mol.